The summed E-state index contributed by atoms with van der Waals surface area (Å²) in [7, 11) is 0. The number of carbonyl (C=O) groups excluding carboxylic acids is 2. The predicted octanol–water partition coefficient (Wildman–Crippen LogP) is 3.29. The molecule has 0 bridgehead atoms. The van der Waals surface area contributed by atoms with E-state index in [1.165, 1.54) is 32.1 Å². The van der Waals surface area contributed by atoms with Gasteiger partial charge in [0.1, 0.15) is 5.75 Å². The van der Waals surface area contributed by atoms with Gasteiger partial charge in [0.05, 0.1) is 13.2 Å². The number of benzene rings is 1. The average molecular weight is 346 g/mol. The summed E-state index contributed by atoms with van der Waals surface area (Å²) in [4.78, 5) is 25.9. The molecule has 2 rings (SSSR count). The molecule has 1 aromatic carbocycles. The van der Waals surface area contributed by atoms with E-state index in [1.54, 1.807) is 17.0 Å². The van der Waals surface area contributed by atoms with Gasteiger partial charge in [-0.3, -0.25) is 9.59 Å². The summed E-state index contributed by atoms with van der Waals surface area (Å²) in [6, 6.07) is 5.42. The molecule has 25 heavy (non-hydrogen) atoms. The third kappa shape index (κ3) is 5.76. The molecule has 0 spiro atoms. The molecule has 0 heterocycles. The predicted molar refractivity (Wildman–Crippen MR) is 98.6 cm³/mol. The molecule has 0 aromatic heterocycles. The van der Waals surface area contributed by atoms with Crippen LogP contribution in [0.3, 0.4) is 0 Å². The zero-order valence-corrected chi connectivity index (χ0v) is 15.4. The Morgan fingerprint density at radius 2 is 1.96 bits per heavy atom. The molecule has 5 nitrogen and oxygen atoms in total. The smallest absolute Gasteiger partial charge is 0.254 e. The highest BCUT2D eigenvalue weighted by Crippen LogP contribution is 2.27. The van der Waals surface area contributed by atoms with E-state index in [1.807, 2.05) is 19.9 Å². The first kappa shape index (κ1) is 19.3. The molecule has 0 saturated heterocycles. The first-order valence-electron chi connectivity index (χ1n) is 9.32. The minimum absolute atomic E-state index is 0.0383. The summed E-state index contributed by atoms with van der Waals surface area (Å²) in [5.74, 6) is 0.721. The van der Waals surface area contributed by atoms with Crippen molar-refractivity contribution in [3.8, 4) is 5.75 Å². The summed E-state index contributed by atoms with van der Waals surface area (Å²) in [5, 5.41) is 0. The number of aryl methyl sites for hydroxylation is 1. The maximum Gasteiger partial charge on any atom is 0.254 e. The third-order valence-electron chi connectivity index (χ3n) is 4.90. The molecule has 0 unspecified atom stereocenters. The molecular formula is C20H30N2O3. The quantitative estimate of drug-likeness (QED) is 0.785. The van der Waals surface area contributed by atoms with Gasteiger partial charge < -0.3 is 15.4 Å². The van der Waals surface area contributed by atoms with Crippen molar-refractivity contribution in [1.82, 2.24) is 4.90 Å². The second kappa shape index (κ2) is 9.44. The van der Waals surface area contributed by atoms with Gasteiger partial charge in [-0.2, -0.15) is 0 Å². The van der Waals surface area contributed by atoms with Gasteiger partial charge in [0.25, 0.3) is 5.91 Å². The van der Waals surface area contributed by atoms with Crippen LogP contribution in [0.15, 0.2) is 18.2 Å². The fraction of sp³-hybridized carbons (Fsp3) is 0.600. The molecule has 138 valence electrons. The van der Waals surface area contributed by atoms with Gasteiger partial charge in [-0.1, -0.05) is 38.2 Å². The first-order chi connectivity index (χ1) is 12.0. The van der Waals surface area contributed by atoms with Crippen LogP contribution < -0.4 is 10.5 Å². The van der Waals surface area contributed by atoms with Crippen molar-refractivity contribution in [3.05, 3.63) is 29.3 Å². The lowest BCUT2D eigenvalue weighted by Crippen LogP contribution is -2.39. The molecule has 2 N–H and O–H groups in total. The zero-order chi connectivity index (χ0) is 18.2. The number of carbonyl (C=O) groups is 2. The molecule has 0 radical (unpaired) electrons. The van der Waals surface area contributed by atoms with Crippen molar-refractivity contribution in [1.29, 1.82) is 0 Å². The van der Waals surface area contributed by atoms with Crippen LogP contribution in [0, 0.1) is 12.8 Å². The SMILES string of the molecule is CCOc1cc(C(=O)N(CCC2CCCCC2)CC(N)=O)ccc1C. The van der Waals surface area contributed by atoms with E-state index in [4.69, 9.17) is 10.5 Å². The Balaban J connectivity index is 2.08. The number of nitrogens with two attached hydrogens (primary N) is 1. The lowest BCUT2D eigenvalue weighted by atomic mass is 9.87. The van der Waals surface area contributed by atoms with Crippen molar-refractivity contribution in [3.63, 3.8) is 0 Å². The van der Waals surface area contributed by atoms with Crippen LogP contribution in [0.4, 0.5) is 0 Å². The fourth-order valence-corrected chi connectivity index (χ4v) is 3.48. The fourth-order valence-electron chi connectivity index (χ4n) is 3.48. The van der Waals surface area contributed by atoms with Crippen molar-refractivity contribution < 1.29 is 14.3 Å². The van der Waals surface area contributed by atoms with Crippen molar-refractivity contribution in [2.75, 3.05) is 19.7 Å². The van der Waals surface area contributed by atoms with E-state index in [-0.39, 0.29) is 12.5 Å². The number of rotatable bonds is 8. The molecule has 1 fully saturated rings. The molecule has 0 atom stereocenters. The highest BCUT2D eigenvalue weighted by atomic mass is 16.5. The number of primary amides is 1. The Morgan fingerprint density at radius 1 is 1.24 bits per heavy atom. The minimum Gasteiger partial charge on any atom is -0.494 e. The van der Waals surface area contributed by atoms with E-state index >= 15 is 0 Å². The molecule has 1 aliphatic rings. The Labute approximate surface area is 150 Å². The Bertz CT molecular complexity index is 595. The van der Waals surface area contributed by atoms with Crippen LogP contribution in [0.25, 0.3) is 0 Å². The average Bonchev–Trinajstić information content (AvgIpc) is 2.60. The van der Waals surface area contributed by atoms with Gasteiger partial charge in [0.2, 0.25) is 5.91 Å². The highest BCUT2D eigenvalue weighted by molar-refractivity contribution is 5.96. The second-order valence-corrected chi connectivity index (χ2v) is 6.90. The summed E-state index contributed by atoms with van der Waals surface area (Å²) >= 11 is 0. The molecule has 1 saturated carbocycles. The van der Waals surface area contributed by atoms with Crippen LogP contribution in [-0.4, -0.2) is 36.4 Å². The van der Waals surface area contributed by atoms with Crippen LogP contribution in [0.1, 0.15) is 61.4 Å². The molecule has 1 aromatic rings. The lowest BCUT2D eigenvalue weighted by molar-refractivity contribution is -0.118. The normalized spacial score (nSPS) is 15.0. The lowest BCUT2D eigenvalue weighted by Gasteiger charge is -2.26. The summed E-state index contributed by atoms with van der Waals surface area (Å²) in [6.45, 7) is 4.94. The van der Waals surface area contributed by atoms with Crippen LogP contribution >= 0.6 is 0 Å². The number of ether oxygens (including phenoxy) is 1. The molecule has 5 heteroatoms. The largest absolute Gasteiger partial charge is 0.494 e. The van der Waals surface area contributed by atoms with Crippen LogP contribution in [0.5, 0.6) is 5.75 Å². The van der Waals surface area contributed by atoms with E-state index in [0.29, 0.717) is 30.4 Å². The Kier molecular flexibility index (Phi) is 7.29. The number of hydrogen-bond donors (Lipinski definition) is 1. The highest BCUT2D eigenvalue weighted by Gasteiger charge is 2.21. The summed E-state index contributed by atoms with van der Waals surface area (Å²) in [5.41, 5.74) is 6.89. The van der Waals surface area contributed by atoms with Crippen LogP contribution in [0.2, 0.25) is 0 Å². The van der Waals surface area contributed by atoms with E-state index in [0.717, 1.165) is 12.0 Å². The van der Waals surface area contributed by atoms with Gasteiger partial charge in [-0.25, -0.2) is 0 Å². The molecule has 1 aliphatic carbocycles. The summed E-state index contributed by atoms with van der Waals surface area (Å²) in [6.07, 6.45) is 7.22. The van der Waals surface area contributed by atoms with Gasteiger partial charge in [-0.15, -0.1) is 0 Å². The van der Waals surface area contributed by atoms with Gasteiger partial charge in [-0.05, 0) is 43.9 Å². The van der Waals surface area contributed by atoms with E-state index < -0.39 is 5.91 Å². The van der Waals surface area contributed by atoms with E-state index in [2.05, 4.69) is 0 Å². The minimum atomic E-state index is -0.478. The molecular weight excluding hydrogens is 316 g/mol. The maximum absolute atomic E-state index is 12.9. The third-order valence-corrected chi connectivity index (χ3v) is 4.90. The van der Waals surface area contributed by atoms with Crippen molar-refractivity contribution >= 4 is 11.8 Å². The molecule has 2 amide bonds. The summed E-state index contributed by atoms with van der Waals surface area (Å²) < 4.78 is 5.58. The standard InChI is InChI=1S/C20H30N2O3/c1-3-25-18-13-17(10-9-15(18)2)20(24)22(14-19(21)23)12-11-16-7-5-4-6-8-16/h9-10,13,16H,3-8,11-12,14H2,1-2H3,(H2,21,23). The van der Waals surface area contributed by atoms with E-state index in [9.17, 15) is 9.59 Å². The van der Waals surface area contributed by atoms with Gasteiger partial charge in [0.15, 0.2) is 0 Å². The zero-order valence-electron chi connectivity index (χ0n) is 15.4. The number of amides is 2. The topological polar surface area (TPSA) is 72.6 Å². The second-order valence-electron chi connectivity index (χ2n) is 6.90. The maximum atomic E-state index is 12.9. The molecule has 0 aliphatic heterocycles. The first-order valence-corrected chi connectivity index (χ1v) is 9.32. The monoisotopic (exact) mass is 346 g/mol. The van der Waals surface area contributed by atoms with Crippen molar-refractivity contribution in [2.24, 2.45) is 11.7 Å². The Hall–Kier alpha value is -2.04. The van der Waals surface area contributed by atoms with Crippen molar-refractivity contribution in [2.45, 2.75) is 52.4 Å². The number of nitrogens with zero attached hydrogens (tertiary/aromatic N) is 1. The van der Waals surface area contributed by atoms with Gasteiger partial charge in [0, 0.05) is 12.1 Å². The van der Waals surface area contributed by atoms with Gasteiger partial charge >= 0.3 is 0 Å². The number of hydrogen-bond acceptors (Lipinski definition) is 3. The van der Waals surface area contributed by atoms with Crippen LogP contribution in [-0.2, 0) is 4.79 Å². The Morgan fingerprint density at radius 3 is 2.60 bits per heavy atom.